The van der Waals surface area contributed by atoms with E-state index in [9.17, 15) is 47.9 Å². The Morgan fingerprint density at radius 1 is 0.395 bits per heavy atom. The van der Waals surface area contributed by atoms with E-state index < -0.39 is 187 Å². The van der Waals surface area contributed by atoms with Gasteiger partial charge in [0.15, 0.2) is 61.4 Å². The summed E-state index contributed by atoms with van der Waals surface area (Å²) >= 11 is 13.5. The highest BCUT2D eigenvalue weighted by atomic mass is 35.5. The van der Waals surface area contributed by atoms with Crippen LogP contribution in [0.3, 0.4) is 0 Å². The SMILES string of the molecule is B[C@@H]1C(OCc2cn(C[C@H]3OC(OCc4cn(CCOCC)nn4)[C@@H](OC(=O)c4ccccc4)[C@@H](OC(=O)c4ccccc4)[C@@H]3OC(=O)c3ccccc3)nn2)O[C@H](Cn2cc(COCc3cn(C[C@H]4OC(CCl)(OC5O[C@H](COC(C)=O)[C@H](Cl)[C@H](OC(C)=O)[C@H]5OC(C)=O)[C@@H](OC(C)=O)[C@@H]4OC(C)=O)nn3)nn2)[C@@H](OC(=O)c2ccccc2)[C@@H]1OC(=O)c1ccccc1. The van der Waals surface area contributed by atoms with E-state index in [-0.39, 0.29) is 91.0 Å². The van der Waals surface area contributed by atoms with Crippen LogP contribution in [0.2, 0.25) is 5.82 Å². The number of aromatic nitrogens is 12. The second-order valence-electron chi connectivity index (χ2n) is 30.0. The zero-order valence-corrected chi connectivity index (χ0v) is 72.1. The normalized spacial score (nSPS) is 25.4. The number of carbonyl (C=O) groups is 10. The lowest BCUT2D eigenvalue weighted by molar-refractivity contribution is -0.359. The molecular weight excluding hydrogens is 1730 g/mol. The van der Waals surface area contributed by atoms with Gasteiger partial charge in [0, 0.05) is 47.0 Å². The van der Waals surface area contributed by atoms with Gasteiger partial charge in [-0.25, -0.2) is 42.7 Å². The molecule has 4 fully saturated rings. The zero-order valence-electron chi connectivity index (χ0n) is 70.6. The van der Waals surface area contributed by atoms with Crippen LogP contribution >= 0.6 is 23.2 Å². The summed E-state index contributed by atoms with van der Waals surface area (Å²) in [5.41, 5.74) is 1.69. The summed E-state index contributed by atoms with van der Waals surface area (Å²) in [5, 5.41) is 33.3. The van der Waals surface area contributed by atoms with Gasteiger partial charge in [-0.2, -0.15) is 0 Å². The molecule has 5 aromatic carbocycles. The summed E-state index contributed by atoms with van der Waals surface area (Å²) in [4.78, 5) is 135. The molecule has 4 saturated heterocycles. The van der Waals surface area contributed by atoms with Gasteiger partial charge in [-0.1, -0.05) is 112 Å². The van der Waals surface area contributed by atoms with Gasteiger partial charge in [-0.05, 0) is 67.6 Å². The highest BCUT2D eigenvalue weighted by molar-refractivity contribution is 6.21. The maximum absolute atomic E-state index is 14.5. The van der Waals surface area contributed by atoms with E-state index in [1.807, 2.05) is 6.92 Å². The summed E-state index contributed by atoms with van der Waals surface area (Å²) in [5.74, 6) is -12.4. The summed E-state index contributed by atoms with van der Waals surface area (Å²) in [6, 6.07) is 40.3. The minimum Gasteiger partial charge on any atom is -0.463 e. The van der Waals surface area contributed by atoms with Crippen molar-refractivity contribution in [3.05, 3.63) is 227 Å². The molecule has 44 heteroatoms. The Morgan fingerprint density at radius 2 is 0.760 bits per heavy atom. The van der Waals surface area contributed by atoms with Crippen molar-refractivity contribution in [3.8, 4) is 0 Å². The Labute approximate surface area is 747 Å². The van der Waals surface area contributed by atoms with Gasteiger partial charge in [-0.3, -0.25) is 24.0 Å². The molecule has 4 aliphatic heterocycles. The van der Waals surface area contributed by atoms with Gasteiger partial charge in [0.25, 0.3) is 0 Å². The number of carbonyl (C=O) groups excluding carboxylic acids is 10. The number of ether oxygens (including phenoxy) is 19. The second-order valence-corrected chi connectivity index (χ2v) is 30.7. The molecule has 682 valence electrons. The Hall–Kier alpha value is -12.4. The molecule has 0 spiro atoms. The molecule has 129 heavy (non-hydrogen) atoms. The average Bonchev–Trinajstić information content (AvgIpc) is 1.61. The molecule has 13 rings (SSSR count). The number of alkyl halides is 2. The highest BCUT2D eigenvalue weighted by Crippen LogP contribution is 2.44. The Bertz CT molecular complexity index is 5290. The number of benzene rings is 5. The molecule has 0 N–H and O–H groups in total. The maximum atomic E-state index is 14.5. The molecular formula is C85H91BCl2N12O29. The third-order valence-corrected chi connectivity index (χ3v) is 21.3. The number of hydrogen-bond donors (Lipinski definition) is 0. The Kier molecular flexibility index (Phi) is 32.6. The molecule has 4 aliphatic rings. The van der Waals surface area contributed by atoms with Crippen LogP contribution in [0.4, 0.5) is 0 Å². The van der Waals surface area contributed by atoms with Crippen LogP contribution in [0.5, 0.6) is 0 Å². The zero-order chi connectivity index (χ0) is 91.3. The number of rotatable bonds is 39. The van der Waals surface area contributed by atoms with Crippen molar-refractivity contribution in [2.45, 2.75) is 209 Å². The third-order valence-electron chi connectivity index (χ3n) is 20.4. The molecule has 0 saturated carbocycles. The first kappa shape index (κ1) is 94.3. The van der Waals surface area contributed by atoms with E-state index in [0.717, 1.165) is 34.6 Å². The molecule has 0 amide bonds. The lowest BCUT2D eigenvalue weighted by atomic mass is 9.76. The fraction of sp³-hybridized carbons (Fsp3) is 0.435. The standard InChI is InChI=1S/C85H91BCl2N12O29/c1-7-111-34-33-97-35-60(91-93-97)45-115-83-75(127-81(110)57-31-21-12-22-32-57)73(126-80(109)56-29-19-11-20-30-56)69(124-78(107)54-25-15-9-16-26-54)63(121-83)40-99-38-61(92-96-99)44-114-82-66(86)71(125-79(108)55-27-17-10-18-28-55)68(123-77(106)53-23-13-8-14-24-53)62(120-82)39-98-36-58(89-94-98)42-112-43-59-37-100(95-90-59)41-64-70(116-49(3)102)76(119-52(6)105)85(47-87,128-64)129-84-74(118-51(5)104)72(117-50(4)103)67(88)65(122-84)46-113-48(2)101/h8-32,35-38,62-76,82-84H,7,33-34,39-47,86H2,1-6H3/t62-,63-,64-,65-,66+,67+,68-,69-,70-,71-,72+,73+,74-,75+,76+,82?,83?,84?,85?/m1/s1. The monoisotopic (exact) mass is 1820 g/mol. The van der Waals surface area contributed by atoms with Crippen molar-refractivity contribution in [2.24, 2.45) is 0 Å². The van der Waals surface area contributed by atoms with Crippen LogP contribution in [0.1, 0.15) is 116 Å². The topological polar surface area (TPSA) is 469 Å². The van der Waals surface area contributed by atoms with Crippen molar-refractivity contribution in [1.29, 1.82) is 0 Å². The first-order valence-corrected chi connectivity index (χ1v) is 41.8. The minimum atomic E-state index is -2.33. The van der Waals surface area contributed by atoms with Crippen LogP contribution in [0.25, 0.3) is 0 Å². The molecule has 9 aromatic rings. The quantitative estimate of drug-likeness (QED) is 0.0157. The molecule has 4 aromatic heterocycles. The van der Waals surface area contributed by atoms with E-state index in [4.69, 9.17) is 113 Å². The Balaban J connectivity index is 0.739. The van der Waals surface area contributed by atoms with Gasteiger partial charge >= 0.3 is 59.7 Å². The largest absolute Gasteiger partial charge is 0.463 e. The lowest BCUT2D eigenvalue weighted by Gasteiger charge is -2.45. The van der Waals surface area contributed by atoms with E-state index >= 15 is 0 Å². The maximum Gasteiger partial charge on any atom is 0.338 e. The summed E-state index contributed by atoms with van der Waals surface area (Å²) in [6.07, 6.45) is -17.8. The van der Waals surface area contributed by atoms with Gasteiger partial charge in [-0.15, -0.1) is 43.6 Å². The fourth-order valence-electron chi connectivity index (χ4n) is 14.5. The van der Waals surface area contributed by atoms with Crippen molar-refractivity contribution < 1.29 is 138 Å². The number of nitrogens with zero attached hydrogens (tertiary/aromatic N) is 12. The molecule has 0 aliphatic carbocycles. The molecule has 4 unspecified atom stereocenters. The van der Waals surface area contributed by atoms with Gasteiger partial charge in [0.05, 0.1) is 118 Å². The van der Waals surface area contributed by atoms with Gasteiger partial charge in [0.1, 0.15) is 73.1 Å². The number of hydrogen-bond acceptors (Lipinski definition) is 37. The van der Waals surface area contributed by atoms with Crippen LogP contribution in [0, 0.1) is 0 Å². The van der Waals surface area contributed by atoms with Crippen LogP contribution < -0.4 is 0 Å². The first-order chi connectivity index (χ1) is 62.3. The summed E-state index contributed by atoms with van der Waals surface area (Å²) < 4.78 is 122. The molecule has 0 bridgehead atoms. The lowest BCUT2D eigenvalue weighted by Crippen LogP contribution is -2.63. The van der Waals surface area contributed by atoms with E-state index in [1.54, 1.807) is 134 Å². The van der Waals surface area contributed by atoms with Crippen molar-refractivity contribution in [2.75, 3.05) is 25.7 Å². The minimum absolute atomic E-state index is 0.0991. The van der Waals surface area contributed by atoms with E-state index in [0.29, 0.717) is 25.5 Å². The van der Waals surface area contributed by atoms with E-state index in [1.165, 1.54) is 69.0 Å². The molecule has 0 radical (unpaired) electrons. The van der Waals surface area contributed by atoms with Crippen molar-refractivity contribution in [1.82, 2.24) is 60.0 Å². The number of esters is 10. The molecule has 41 nitrogen and oxygen atoms in total. The van der Waals surface area contributed by atoms with Gasteiger partial charge < -0.3 is 90.0 Å². The fourth-order valence-corrected chi connectivity index (χ4v) is 15.1. The summed E-state index contributed by atoms with van der Waals surface area (Å²) in [6.45, 7) is 6.07. The highest BCUT2D eigenvalue weighted by Gasteiger charge is 2.64. The van der Waals surface area contributed by atoms with E-state index in [2.05, 4.69) is 41.2 Å². The number of halogens is 2. The van der Waals surface area contributed by atoms with Gasteiger partial charge in [0.2, 0.25) is 12.1 Å². The molecule has 19 atom stereocenters. The van der Waals surface area contributed by atoms with Crippen molar-refractivity contribution >= 4 is 90.7 Å². The van der Waals surface area contributed by atoms with Crippen molar-refractivity contribution in [3.63, 3.8) is 0 Å². The third kappa shape index (κ3) is 25.0. The summed E-state index contributed by atoms with van der Waals surface area (Å²) in [7, 11) is 1.68. The van der Waals surface area contributed by atoms with Crippen LogP contribution in [-0.4, -0.2) is 263 Å². The Morgan fingerprint density at radius 3 is 1.20 bits per heavy atom. The predicted octanol–water partition coefficient (Wildman–Crippen LogP) is 5.21. The van der Waals surface area contributed by atoms with Crippen LogP contribution in [-0.2, 0) is 167 Å². The first-order valence-electron chi connectivity index (χ1n) is 40.9. The second kappa shape index (κ2) is 44.6. The predicted molar refractivity (Wildman–Crippen MR) is 439 cm³/mol. The molecule has 8 heterocycles. The average molecular weight is 1830 g/mol. The van der Waals surface area contributed by atoms with Crippen LogP contribution in [0.15, 0.2) is 176 Å². The smallest absolute Gasteiger partial charge is 0.338 e.